The second-order valence-electron chi connectivity index (χ2n) is 8.95. The number of para-hydroxylation sites is 1. The normalized spacial score (nSPS) is 21.1. The Labute approximate surface area is 195 Å². The molecule has 0 saturated heterocycles. The van der Waals surface area contributed by atoms with E-state index < -0.39 is 10.0 Å². The van der Waals surface area contributed by atoms with Crippen molar-refractivity contribution in [3.05, 3.63) is 95.1 Å². The van der Waals surface area contributed by atoms with Crippen LogP contribution in [0.25, 0.3) is 0 Å². The number of nitrogens with one attached hydrogen (secondary N) is 2. The van der Waals surface area contributed by atoms with Crippen molar-refractivity contribution < 1.29 is 13.2 Å². The van der Waals surface area contributed by atoms with Gasteiger partial charge in [-0.05, 0) is 79.3 Å². The standard InChI is InChI=1S/C27H28N2O3S/c1-17-13-18(2)15-19(14-17)29-33(30,31)20-11-12-25-24(16-20)21-8-6-9-22(21)27(28-25)23-7-4-5-10-26(23)32-3/h4-8,10-16,21-22,27-29H,9H2,1-3H3. The molecule has 0 spiro atoms. The van der Waals surface area contributed by atoms with Gasteiger partial charge >= 0.3 is 0 Å². The van der Waals surface area contributed by atoms with Crippen LogP contribution in [0.5, 0.6) is 5.75 Å². The third kappa shape index (κ3) is 4.00. The molecule has 5 rings (SSSR count). The van der Waals surface area contributed by atoms with E-state index in [1.54, 1.807) is 13.2 Å². The highest BCUT2D eigenvalue weighted by atomic mass is 32.2. The van der Waals surface area contributed by atoms with Crippen molar-refractivity contribution in [1.82, 2.24) is 0 Å². The van der Waals surface area contributed by atoms with Gasteiger partial charge in [0.2, 0.25) is 0 Å². The Hall–Kier alpha value is -3.25. The highest BCUT2D eigenvalue weighted by Crippen LogP contribution is 2.51. The van der Waals surface area contributed by atoms with E-state index in [0.717, 1.165) is 40.1 Å². The molecule has 5 nitrogen and oxygen atoms in total. The third-order valence-corrected chi connectivity index (χ3v) is 7.97. The van der Waals surface area contributed by atoms with Crippen LogP contribution in [0.3, 0.4) is 0 Å². The van der Waals surface area contributed by atoms with E-state index in [2.05, 4.69) is 28.3 Å². The van der Waals surface area contributed by atoms with Gasteiger partial charge in [0.05, 0.1) is 18.0 Å². The van der Waals surface area contributed by atoms with Crippen LogP contribution in [-0.2, 0) is 10.0 Å². The summed E-state index contributed by atoms with van der Waals surface area (Å²) in [6.45, 7) is 3.92. The molecule has 3 aromatic rings. The Balaban J connectivity index is 1.50. The number of methoxy groups -OCH3 is 1. The molecule has 3 atom stereocenters. The molecule has 3 aromatic carbocycles. The minimum atomic E-state index is -3.71. The van der Waals surface area contributed by atoms with Gasteiger partial charge in [0.25, 0.3) is 10.0 Å². The van der Waals surface area contributed by atoms with Crippen LogP contribution < -0.4 is 14.8 Å². The molecule has 3 unspecified atom stereocenters. The molecule has 170 valence electrons. The Morgan fingerprint density at radius 1 is 0.970 bits per heavy atom. The average Bonchev–Trinajstić information content (AvgIpc) is 3.27. The molecule has 6 heteroatoms. The maximum atomic E-state index is 13.2. The molecule has 0 aromatic heterocycles. The molecule has 2 aliphatic rings. The van der Waals surface area contributed by atoms with Gasteiger partial charge in [0.15, 0.2) is 0 Å². The van der Waals surface area contributed by atoms with Gasteiger partial charge in [-0.2, -0.15) is 0 Å². The molecule has 33 heavy (non-hydrogen) atoms. The summed E-state index contributed by atoms with van der Waals surface area (Å²) in [7, 11) is -2.01. The average molecular weight is 461 g/mol. The molecule has 0 fully saturated rings. The monoisotopic (exact) mass is 460 g/mol. The van der Waals surface area contributed by atoms with Gasteiger partial charge in [-0.25, -0.2) is 8.42 Å². The van der Waals surface area contributed by atoms with Crippen molar-refractivity contribution in [2.45, 2.75) is 37.1 Å². The zero-order chi connectivity index (χ0) is 23.2. The van der Waals surface area contributed by atoms with Gasteiger partial charge in [-0.15, -0.1) is 0 Å². The number of allylic oxidation sites excluding steroid dienone is 2. The van der Waals surface area contributed by atoms with Crippen LogP contribution >= 0.6 is 0 Å². The number of fused-ring (bicyclic) bond motifs is 3. The fourth-order valence-electron chi connectivity index (χ4n) is 5.22. The lowest BCUT2D eigenvalue weighted by Crippen LogP contribution is -2.29. The first-order valence-electron chi connectivity index (χ1n) is 11.2. The number of ether oxygens (including phenoxy) is 1. The van der Waals surface area contributed by atoms with E-state index in [1.807, 2.05) is 62.4 Å². The summed E-state index contributed by atoms with van der Waals surface area (Å²) >= 11 is 0. The van der Waals surface area contributed by atoms with Gasteiger partial charge in [0.1, 0.15) is 5.75 Å². The number of sulfonamides is 1. The number of benzene rings is 3. The van der Waals surface area contributed by atoms with Crippen molar-refractivity contribution in [3.63, 3.8) is 0 Å². The Kier molecular flexibility index (Phi) is 5.41. The van der Waals surface area contributed by atoms with Gasteiger partial charge in [-0.3, -0.25) is 4.72 Å². The molecule has 0 bridgehead atoms. The van der Waals surface area contributed by atoms with Crippen molar-refractivity contribution in [2.75, 3.05) is 17.1 Å². The summed E-state index contributed by atoms with van der Waals surface area (Å²) in [6, 6.07) is 19.3. The first-order valence-corrected chi connectivity index (χ1v) is 12.7. The van der Waals surface area contributed by atoms with Crippen LogP contribution in [0.2, 0.25) is 0 Å². The number of hydrogen-bond donors (Lipinski definition) is 2. The largest absolute Gasteiger partial charge is 0.496 e. The minimum absolute atomic E-state index is 0.0875. The smallest absolute Gasteiger partial charge is 0.261 e. The maximum Gasteiger partial charge on any atom is 0.261 e. The number of hydrogen-bond acceptors (Lipinski definition) is 4. The molecule has 1 aliphatic carbocycles. The second-order valence-corrected chi connectivity index (χ2v) is 10.6. The summed E-state index contributed by atoms with van der Waals surface area (Å²) in [6.07, 6.45) is 5.33. The van der Waals surface area contributed by atoms with Crippen LogP contribution in [0.1, 0.15) is 40.6 Å². The molecule has 1 aliphatic heterocycles. The predicted molar refractivity (Wildman–Crippen MR) is 133 cm³/mol. The topological polar surface area (TPSA) is 67.4 Å². The first kappa shape index (κ1) is 21.6. The highest BCUT2D eigenvalue weighted by Gasteiger charge is 2.39. The first-order chi connectivity index (χ1) is 15.9. The van der Waals surface area contributed by atoms with Crippen molar-refractivity contribution >= 4 is 21.4 Å². The lowest BCUT2D eigenvalue weighted by atomic mass is 9.77. The van der Waals surface area contributed by atoms with Crippen molar-refractivity contribution in [1.29, 1.82) is 0 Å². The zero-order valence-electron chi connectivity index (χ0n) is 19.0. The molecule has 0 amide bonds. The SMILES string of the molecule is COc1ccccc1C1Nc2ccc(S(=O)(=O)Nc3cc(C)cc(C)c3)cc2C2C=CCC21. The molecule has 0 radical (unpaired) electrons. The maximum absolute atomic E-state index is 13.2. The Morgan fingerprint density at radius 3 is 2.48 bits per heavy atom. The van der Waals surface area contributed by atoms with E-state index in [4.69, 9.17) is 4.74 Å². The summed E-state index contributed by atoms with van der Waals surface area (Å²) in [5.74, 6) is 1.30. The van der Waals surface area contributed by atoms with Crippen molar-refractivity contribution in [3.8, 4) is 5.75 Å². The molecule has 0 saturated carbocycles. The summed E-state index contributed by atoms with van der Waals surface area (Å²) in [5, 5.41) is 3.67. The van der Waals surface area contributed by atoms with Crippen molar-refractivity contribution in [2.24, 2.45) is 5.92 Å². The summed E-state index contributed by atoms with van der Waals surface area (Å²) in [5.41, 5.74) is 5.72. The van der Waals surface area contributed by atoms with Crippen LogP contribution in [0.4, 0.5) is 11.4 Å². The number of aryl methyl sites for hydroxylation is 2. The fourth-order valence-corrected chi connectivity index (χ4v) is 6.29. The molecular formula is C27H28N2O3S. The minimum Gasteiger partial charge on any atom is -0.496 e. The fraction of sp³-hybridized carbons (Fsp3) is 0.259. The molecule has 2 N–H and O–H groups in total. The van der Waals surface area contributed by atoms with Gasteiger partial charge < -0.3 is 10.1 Å². The number of anilines is 2. The van der Waals surface area contributed by atoms with E-state index in [0.29, 0.717) is 11.6 Å². The number of rotatable bonds is 5. The quantitative estimate of drug-likeness (QED) is 0.463. The Bertz CT molecular complexity index is 1330. The van der Waals surface area contributed by atoms with Gasteiger partial charge in [0, 0.05) is 22.9 Å². The van der Waals surface area contributed by atoms with Crippen LogP contribution in [-0.4, -0.2) is 15.5 Å². The van der Waals surface area contributed by atoms with Crippen LogP contribution in [0, 0.1) is 19.8 Å². The van der Waals surface area contributed by atoms with E-state index in [-0.39, 0.29) is 16.9 Å². The summed E-state index contributed by atoms with van der Waals surface area (Å²) < 4.78 is 34.8. The lowest BCUT2D eigenvalue weighted by molar-refractivity contribution is 0.381. The second kappa shape index (κ2) is 8.27. The summed E-state index contributed by atoms with van der Waals surface area (Å²) in [4.78, 5) is 0.275. The lowest BCUT2D eigenvalue weighted by Gasteiger charge is -2.38. The molecule has 1 heterocycles. The van der Waals surface area contributed by atoms with Gasteiger partial charge in [-0.1, -0.05) is 36.4 Å². The third-order valence-electron chi connectivity index (χ3n) is 6.59. The molecular weight excluding hydrogens is 432 g/mol. The Morgan fingerprint density at radius 2 is 1.73 bits per heavy atom. The van der Waals surface area contributed by atoms with Crippen LogP contribution in [0.15, 0.2) is 77.7 Å². The predicted octanol–water partition coefficient (Wildman–Crippen LogP) is 5.94. The zero-order valence-corrected chi connectivity index (χ0v) is 19.8. The van der Waals surface area contributed by atoms with E-state index in [1.165, 1.54) is 0 Å². The van der Waals surface area contributed by atoms with E-state index in [9.17, 15) is 8.42 Å². The van der Waals surface area contributed by atoms with E-state index >= 15 is 0 Å². The highest BCUT2D eigenvalue weighted by molar-refractivity contribution is 7.92.